The molecule has 0 bridgehead atoms. The molecule has 0 aliphatic heterocycles. The SMILES string of the molecule is NC(C1=CCCCCC1)c1cc2sccc2s1. The zero-order valence-electron chi connectivity index (χ0n) is 9.82. The molecule has 17 heavy (non-hydrogen) atoms. The first-order valence-corrected chi connectivity index (χ1v) is 7.95. The fraction of sp³-hybridized carbons (Fsp3) is 0.429. The van der Waals surface area contributed by atoms with E-state index >= 15 is 0 Å². The number of rotatable bonds is 2. The van der Waals surface area contributed by atoms with Crippen LogP contribution in [0.1, 0.15) is 43.0 Å². The van der Waals surface area contributed by atoms with Crippen molar-refractivity contribution in [2.24, 2.45) is 5.73 Å². The second kappa shape index (κ2) is 4.92. The third kappa shape index (κ3) is 2.32. The van der Waals surface area contributed by atoms with Gasteiger partial charge in [0.05, 0.1) is 6.04 Å². The summed E-state index contributed by atoms with van der Waals surface area (Å²) < 4.78 is 2.77. The smallest absolute Gasteiger partial charge is 0.0606 e. The second-order valence-corrected chi connectivity index (χ2v) is 6.72. The van der Waals surface area contributed by atoms with Crippen molar-refractivity contribution in [3.63, 3.8) is 0 Å². The van der Waals surface area contributed by atoms with Gasteiger partial charge in [0.25, 0.3) is 0 Å². The Labute approximate surface area is 110 Å². The normalized spacial score (nSPS) is 19.0. The summed E-state index contributed by atoms with van der Waals surface area (Å²) in [6, 6.07) is 4.61. The molecule has 2 N–H and O–H groups in total. The molecule has 2 aromatic heterocycles. The van der Waals surface area contributed by atoms with Crippen LogP contribution in [-0.4, -0.2) is 0 Å². The lowest BCUT2D eigenvalue weighted by molar-refractivity contribution is 0.690. The van der Waals surface area contributed by atoms with E-state index in [2.05, 4.69) is 23.6 Å². The average Bonchev–Trinajstić information content (AvgIpc) is 2.80. The molecule has 1 aliphatic carbocycles. The highest BCUT2D eigenvalue weighted by Crippen LogP contribution is 2.36. The molecular weight excluding hydrogens is 246 g/mol. The molecule has 1 unspecified atom stereocenters. The van der Waals surface area contributed by atoms with Gasteiger partial charge in [0.2, 0.25) is 0 Å². The molecule has 1 atom stereocenters. The van der Waals surface area contributed by atoms with Crippen molar-refractivity contribution < 1.29 is 0 Å². The van der Waals surface area contributed by atoms with E-state index in [-0.39, 0.29) is 6.04 Å². The third-order valence-electron chi connectivity index (χ3n) is 3.44. The van der Waals surface area contributed by atoms with Crippen LogP contribution in [-0.2, 0) is 0 Å². The number of fused-ring (bicyclic) bond motifs is 1. The van der Waals surface area contributed by atoms with Crippen LogP contribution in [0.15, 0.2) is 29.2 Å². The number of thiophene rings is 2. The van der Waals surface area contributed by atoms with Crippen molar-refractivity contribution in [2.75, 3.05) is 0 Å². The van der Waals surface area contributed by atoms with Gasteiger partial charge in [-0.25, -0.2) is 0 Å². The van der Waals surface area contributed by atoms with Gasteiger partial charge in [0.1, 0.15) is 0 Å². The molecule has 0 saturated carbocycles. The zero-order chi connectivity index (χ0) is 11.7. The lowest BCUT2D eigenvalue weighted by Gasteiger charge is -2.13. The van der Waals surface area contributed by atoms with Crippen molar-refractivity contribution in [3.8, 4) is 0 Å². The van der Waals surface area contributed by atoms with E-state index < -0.39 is 0 Å². The van der Waals surface area contributed by atoms with Gasteiger partial charge >= 0.3 is 0 Å². The van der Waals surface area contributed by atoms with Crippen LogP contribution in [0, 0.1) is 0 Å². The Morgan fingerprint density at radius 3 is 3.00 bits per heavy atom. The van der Waals surface area contributed by atoms with Crippen molar-refractivity contribution in [3.05, 3.63) is 34.0 Å². The van der Waals surface area contributed by atoms with Gasteiger partial charge < -0.3 is 5.73 Å². The molecule has 3 rings (SSSR count). The van der Waals surface area contributed by atoms with Crippen molar-refractivity contribution in [1.29, 1.82) is 0 Å². The zero-order valence-corrected chi connectivity index (χ0v) is 11.4. The Morgan fingerprint density at radius 1 is 1.18 bits per heavy atom. The predicted molar refractivity (Wildman–Crippen MR) is 77.8 cm³/mol. The van der Waals surface area contributed by atoms with E-state index in [0.717, 1.165) is 0 Å². The highest BCUT2D eigenvalue weighted by Gasteiger charge is 2.16. The summed E-state index contributed by atoms with van der Waals surface area (Å²) in [5.41, 5.74) is 7.86. The largest absolute Gasteiger partial charge is 0.320 e. The van der Waals surface area contributed by atoms with Crippen LogP contribution in [0.2, 0.25) is 0 Å². The van der Waals surface area contributed by atoms with Crippen LogP contribution in [0.25, 0.3) is 9.40 Å². The molecule has 0 aromatic carbocycles. The molecule has 0 spiro atoms. The topological polar surface area (TPSA) is 26.0 Å². The molecule has 3 heteroatoms. The fourth-order valence-electron chi connectivity index (χ4n) is 2.44. The van der Waals surface area contributed by atoms with Crippen LogP contribution in [0.4, 0.5) is 0 Å². The Bertz CT molecular complexity index is 507. The van der Waals surface area contributed by atoms with E-state index in [1.807, 2.05) is 22.7 Å². The maximum absolute atomic E-state index is 6.41. The standard InChI is InChI=1S/C14H17NS2/c15-14(10-5-3-1-2-4-6-10)13-9-12-11(17-13)7-8-16-12/h5,7-9,14H,1-4,6,15H2. The quantitative estimate of drug-likeness (QED) is 0.770. The van der Waals surface area contributed by atoms with Crippen LogP contribution < -0.4 is 5.73 Å². The van der Waals surface area contributed by atoms with Crippen LogP contribution >= 0.6 is 22.7 Å². The van der Waals surface area contributed by atoms with E-state index in [1.54, 1.807) is 0 Å². The molecular formula is C14H17NS2. The highest BCUT2D eigenvalue weighted by molar-refractivity contribution is 7.26. The Morgan fingerprint density at radius 2 is 2.12 bits per heavy atom. The van der Waals surface area contributed by atoms with Gasteiger partial charge in [-0.2, -0.15) is 0 Å². The average molecular weight is 263 g/mol. The predicted octanol–water partition coefficient (Wildman–Crippen LogP) is 4.85. The lowest BCUT2D eigenvalue weighted by Crippen LogP contribution is -2.11. The summed E-state index contributed by atoms with van der Waals surface area (Å²) in [4.78, 5) is 1.33. The van der Waals surface area contributed by atoms with Gasteiger partial charge in [-0.3, -0.25) is 0 Å². The summed E-state index contributed by atoms with van der Waals surface area (Å²) in [5, 5.41) is 2.15. The summed E-state index contributed by atoms with van der Waals surface area (Å²) in [5.74, 6) is 0. The van der Waals surface area contributed by atoms with Crippen molar-refractivity contribution in [2.45, 2.75) is 38.1 Å². The number of nitrogens with two attached hydrogens (primary N) is 1. The molecule has 0 amide bonds. The van der Waals surface area contributed by atoms with Crippen LogP contribution in [0.3, 0.4) is 0 Å². The molecule has 2 aromatic rings. The molecule has 90 valence electrons. The Hall–Kier alpha value is -0.640. The minimum Gasteiger partial charge on any atom is -0.320 e. The van der Waals surface area contributed by atoms with Gasteiger partial charge in [-0.05, 0) is 43.2 Å². The summed E-state index contributed by atoms with van der Waals surface area (Å²) in [7, 11) is 0. The Balaban J connectivity index is 1.87. The van der Waals surface area contributed by atoms with E-state index in [4.69, 9.17) is 5.73 Å². The molecule has 0 saturated heterocycles. The highest BCUT2D eigenvalue weighted by atomic mass is 32.1. The number of allylic oxidation sites excluding steroid dienone is 1. The van der Waals surface area contributed by atoms with Gasteiger partial charge in [0.15, 0.2) is 0 Å². The molecule has 1 aliphatic rings. The van der Waals surface area contributed by atoms with E-state index in [0.29, 0.717) is 0 Å². The summed E-state index contributed by atoms with van der Waals surface area (Å²) >= 11 is 3.67. The summed E-state index contributed by atoms with van der Waals surface area (Å²) in [6.07, 6.45) is 8.77. The third-order valence-corrected chi connectivity index (χ3v) is 5.62. The number of hydrogen-bond donors (Lipinski definition) is 1. The Kier molecular flexibility index (Phi) is 3.32. The van der Waals surface area contributed by atoms with Crippen LogP contribution in [0.5, 0.6) is 0 Å². The maximum Gasteiger partial charge on any atom is 0.0606 e. The van der Waals surface area contributed by atoms with Gasteiger partial charge in [-0.15, -0.1) is 22.7 Å². The van der Waals surface area contributed by atoms with Crippen molar-refractivity contribution in [1.82, 2.24) is 0 Å². The second-order valence-electron chi connectivity index (χ2n) is 4.65. The molecule has 0 fully saturated rings. The lowest BCUT2D eigenvalue weighted by atomic mass is 10.0. The van der Waals surface area contributed by atoms with E-state index in [1.165, 1.54) is 52.0 Å². The fourth-order valence-corrected chi connectivity index (χ4v) is 4.61. The first kappa shape index (κ1) is 11.5. The maximum atomic E-state index is 6.41. The first-order valence-electron chi connectivity index (χ1n) is 6.26. The minimum atomic E-state index is 0.137. The first-order chi connectivity index (χ1) is 8.34. The molecule has 0 radical (unpaired) electrons. The van der Waals surface area contributed by atoms with Crippen molar-refractivity contribution >= 4 is 32.1 Å². The molecule has 2 heterocycles. The molecule has 1 nitrogen and oxygen atoms in total. The van der Waals surface area contributed by atoms with E-state index in [9.17, 15) is 0 Å². The summed E-state index contributed by atoms with van der Waals surface area (Å²) in [6.45, 7) is 0. The monoisotopic (exact) mass is 263 g/mol. The van der Waals surface area contributed by atoms with Gasteiger partial charge in [0, 0.05) is 14.3 Å². The number of hydrogen-bond acceptors (Lipinski definition) is 3. The van der Waals surface area contributed by atoms with Gasteiger partial charge in [-0.1, -0.05) is 18.1 Å². The minimum absolute atomic E-state index is 0.137.